The fourth-order valence-electron chi connectivity index (χ4n) is 2.76. The smallest absolute Gasteiger partial charge is 0.238 e. The summed E-state index contributed by atoms with van der Waals surface area (Å²) in [5.74, 6) is 0.714. The average Bonchev–Trinajstić information content (AvgIpc) is 2.74. The predicted molar refractivity (Wildman–Crippen MR) is 76.2 cm³/mol. The van der Waals surface area contributed by atoms with E-state index in [1.807, 2.05) is 12.1 Å². The highest BCUT2D eigenvalue weighted by Gasteiger charge is 2.24. The summed E-state index contributed by atoms with van der Waals surface area (Å²) in [5.41, 5.74) is 1.09. The molecule has 5 heteroatoms. The second-order valence-electron chi connectivity index (χ2n) is 5.52. The highest BCUT2D eigenvalue weighted by molar-refractivity contribution is 7.89. The fourth-order valence-corrected chi connectivity index (χ4v) is 3.27. The predicted octanol–water partition coefficient (Wildman–Crippen LogP) is 2.17. The van der Waals surface area contributed by atoms with Crippen LogP contribution < -0.4 is 10.5 Å². The summed E-state index contributed by atoms with van der Waals surface area (Å²) in [5, 5.41) is 8.71. The Morgan fingerprint density at radius 2 is 1.89 bits per heavy atom. The SMILES string of the molecule is CC(NC1CCCC1C)c1ccc(S(N)(=O)=O)cc1. The summed E-state index contributed by atoms with van der Waals surface area (Å²) < 4.78 is 22.4. The summed E-state index contributed by atoms with van der Waals surface area (Å²) >= 11 is 0. The third-order valence-corrected chi connectivity index (χ3v) is 4.96. The van der Waals surface area contributed by atoms with E-state index in [9.17, 15) is 8.42 Å². The van der Waals surface area contributed by atoms with Crippen LogP contribution in [0.15, 0.2) is 29.2 Å². The highest BCUT2D eigenvalue weighted by atomic mass is 32.2. The Balaban J connectivity index is 2.05. The van der Waals surface area contributed by atoms with Gasteiger partial charge < -0.3 is 5.32 Å². The van der Waals surface area contributed by atoms with Gasteiger partial charge in [-0.2, -0.15) is 0 Å². The zero-order valence-electron chi connectivity index (χ0n) is 11.5. The number of sulfonamides is 1. The van der Waals surface area contributed by atoms with Gasteiger partial charge in [0.15, 0.2) is 0 Å². The number of hydrogen-bond donors (Lipinski definition) is 2. The Morgan fingerprint density at radius 3 is 2.37 bits per heavy atom. The minimum absolute atomic E-state index is 0.165. The molecule has 1 aromatic carbocycles. The summed E-state index contributed by atoms with van der Waals surface area (Å²) in [7, 11) is -3.60. The number of primary sulfonamides is 1. The standard InChI is InChI=1S/C14H22N2O2S/c1-10-4-3-5-14(10)16-11(2)12-6-8-13(9-7-12)19(15,17)18/h6-11,14,16H,3-5H2,1-2H3,(H2,15,17,18). The number of nitrogens with two attached hydrogens (primary N) is 1. The molecule has 0 spiro atoms. The van der Waals surface area contributed by atoms with Gasteiger partial charge in [0.25, 0.3) is 0 Å². The third-order valence-electron chi connectivity index (χ3n) is 4.03. The van der Waals surface area contributed by atoms with Crippen molar-refractivity contribution in [2.75, 3.05) is 0 Å². The van der Waals surface area contributed by atoms with Crippen molar-refractivity contribution in [3.8, 4) is 0 Å². The van der Waals surface area contributed by atoms with E-state index in [1.54, 1.807) is 12.1 Å². The topological polar surface area (TPSA) is 72.2 Å². The second kappa shape index (κ2) is 5.61. The quantitative estimate of drug-likeness (QED) is 0.889. The highest BCUT2D eigenvalue weighted by Crippen LogP contribution is 2.27. The van der Waals surface area contributed by atoms with E-state index < -0.39 is 10.0 Å². The molecule has 106 valence electrons. The molecule has 3 N–H and O–H groups in total. The molecule has 2 rings (SSSR count). The van der Waals surface area contributed by atoms with E-state index in [0.29, 0.717) is 12.0 Å². The normalized spacial score (nSPS) is 25.4. The molecule has 3 atom stereocenters. The zero-order valence-corrected chi connectivity index (χ0v) is 12.3. The largest absolute Gasteiger partial charge is 0.307 e. The Labute approximate surface area is 115 Å². The van der Waals surface area contributed by atoms with Crippen molar-refractivity contribution >= 4 is 10.0 Å². The number of benzene rings is 1. The summed E-state index contributed by atoms with van der Waals surface area (Å²) in [4.78, 5) is 0.165. The first-order valence-electron chi connectivity index (χ1n) is 6.77. The van der Waals surface area contributed by atoms with Gasteiger partial charge >= 0.3 is 0 Å². The van der Waals surface area contributed by atoms with Crippen molar-refractivity contribution in [3.05, 3.63) is 29.8 Å². The van der Waals surface area contributed by atoms with Crippen molar-refractivity contribution in [2.45, 2.75) is 50.1 Å². The minimum atomic E-state index is -3.60. The Hall–Kier alpha value is -0.910. The van der Waals surface area contributed by atoms with E-state index in [0.717, 1.165) is 5.56 Å². The van der Waals surface area contributed by atoms with Crippen LogP contribution in [-0.4, -0.2) is 14.5 Å². The first kappa shape index (κ1) is 14.5. The molecule has 0 amide bonds. The Morgan fingerprint density at radius 1 is 1.26 bits per heavy atom. The monoisotopic (exact) mass is 282 g/mol. The Bertz CT molecular complexity index is 525. The maximum absolute atomic E-state index is 11.2. The van der Waals surface area contributed by atoms with E-state index in [1.165, 1.54) is 19.3 Å². The van der Waals surface area contributed by atoms with Crippen molar-refractivity contribution in [2.24, 2.45) is 11.1 Å². The van der Waals surface area contributed by atoms with E-state index >= 15 is 0 Å². The molecule has 0 bridgehead atoms. The number of rotatable bonds is 4. The molecule has 19 heavy (non-hydrogen) atoms. The lowest BCUT2D eigenvalue weighted by Gasteiger charge is -2.23. The molecule has 1 aliphatic rings. The van der Waals surface area contributed by atoms with Crippen molar-refractivity contribution in [1.29, 1.82) is 0 Å². The van der Waals surface area contributed by atoms with Crippen LogP contribution in [0.1, 0.15) is 44.7 Å². The van der Waals surface area contributed by atoms with Gasteiger partial charge in [-0.05, 0) is 43.4 Å². The van der Waals surface area contributed by atoms with Crippen LogP contribution in [0.5, 0.6) is 0 Å². The van der Waals surface area contributed by atoms with Gasteiger partial charge in [-0.15, -0.1) is 0 Å². The van der Waals surface area contributed by atoms with Crippen molar-refractivity contribution < 1.29 is 8.42 Å². The molecule has 1 aliphatic carbocycles. The maximum Gasteiger partial charge on any atom is 0.238 e. The third kappa shape index (κ3) is 3.55. The van der Waals surface area contributed by atoms with Crippen LogP contribution in [0, 0.1) is 5.92 Å². The van der Waals surface area contributed by atoms with E-state index in [2.05, 4.69) is 19.2 Å². The maximum atomic E-state index is 11.2. The lowest BCUT2D eigenvalue weighted by Crippen LogP contribution is -2.33. The molecular weight excluding hydrogens is 260 g/mol. The van der Waals surface area contributed by atoms with Crippen molar-refractivity contribution in [3.63, 3.8) is 0 Å². The number of nitrogens with one attached hydrogen (secondary N) is 1. The van der Waals surface area contributed by atoms with Crippen LogP contribution in [0.3, 0.4) is 0 Å². The van der Waals surface area contributed by atoms with Gasteiger partial charge in [0.1, 0.15) is 0 Å². The first-order chi connectivity index (χ1) is 8.88. The molecule has 1 fully saturated rings. The summed E-state index contributed by atoms with van der Waals surface area (Å²) in [6.07, 6.45) is 3.80. The summed E-state index contributed by atoms with van der Waals surface area (Å²) in [6, 6.07) is 7.59. The molecule has 0 aromatic heterocycles. The van der Waals surface area contributed by atoms with Crippen LogP contribution >= 0.6 is 0 Å². The Kier molecular flexibility index (Phi) is 4.28. The van der Waals surface area contributed by atoms with Gasteiger partial charge in [-0.1, -0.05) is 25.5 Å². The molecular formula is C14H22N2O2S. The minimum Gasteiger partial charge on any atom is -0.307 e. The zero-order chi connectivity index (χ0) is 14.0. The average molecular weight is 282 g/mol. The second-order valence-corrected chi connectivity index (χ2v) is 7.08. The van der Waals surface area contributed by atoms with Crippen LogP contribution in [0.4, 0.5) is 0 Å². The van der Waals surface area contributed by atoms with Crippen molar-refractivity contribution in [1.82, 2.24) is 5.32 Å². The molecule has 1 aromatic rings. The molecule has 0 heterocycles. The number of hydrogen-bond acceptors (Lipinski definition) is 3. The van der Waals surface area contributed by atoms with Gasteiger partial charge in [0.05, 0.1) is 4.90 Å². The molecule has 0 aliphatic heterocycles. The van der Waals surface area contributed by atoms with Gasteiger partial charge in [0, 0.05) is 12.1 Å². The van der Waals surface area contributed by atoms with Gasteiger partial charge in [-0.3, -0.25) is 0 Å². The van der Waals surface area contributed by atoms with Gasteiger partial charge in [0.2, 0.25) is 10.0 Å². The fraction of sp³-hybridized carbons (Fsp3) is 0.571. The molecule has 0 saturated heterocycles. The molecule has 1 saturated carbocycles. The molecule has 0 radical (unpaired) electrons. The van der Waals surface area contributed by atoms with Crippen LogP contribution in [-0.2, 0) is 10.0 Å². The van der Waals surface area contributed by atoms with Gasteiger partial charge in [-0.25, -0.2) is 13.6 Å². The van der Waals surface area contributed by atoms with Crippen LogP contribution in [0.25, 0.3) is 0 Å². The lowest BCUT2D eigenvalue weighted by molar-refractivity contribution is 0.388. The molecule has 4 nitrogen and oxygen atoms in total. The van der Waals surface area contributed by atoms with E-state index in [4.69, 9.17) is 5.14 Å². The van der Waals surface area contributed by atoms with E-state index in [-0.39, 0.29) is 10.9 Å². The van der Waals surface area contributed by atoms with Crippen LogP contribution in [0.2, 0.25) is 0 Å². The lowest BCUT2D eigenvalue weighted by atomic mass is 10.0. The first-order valence-corrected chi connectivity index (χ1v) is 8.31. The summed E-state index contributed by atoms with van der Waals surface area (Å²) in [6.45, 7) is 4.39. The molecule has 3 unspecified atom stereocenters.